The molecule has 0 fully saturated rings. The van der Waals surface area contributed by atoms with Gasteiger partial charge in [0.1, 0.15) is 11.2 Å². The van der Waals surface area contributed by atoms with Crippen molar-refractivity contribution in [3.05, 3.63) is 279 Å². The molecular weight excluding hydrogens is 909 g/mol. The van der Waals surface area contributed by atoms with Gasteiger partial charge in [0, 0.05) is 49.6 Å². The van der Waals surface area contributed by atoms with Crippen molar-refractivity contribution in [2.24, 2.45) is 0 Å². The van der Waals surface area contributed by atoms with Gasteiger partial charge in [-0.2, -0.15) is 0 Å². The van der Waals surface area contributed by atoms with E-state index in [1.54, 1.807) is 0 Å². The maximum absolute atomic E-state index is 6.74. The zero-order chi connectivity index (χ0) is 49.4. The molecule has 0 aliphatic carbocycles. The lowest BCUT2D eigenvalue weighted by Gasteiger charge is -2.28. The van der Waals surface area contributed by atoms with Gasteiger partial charge in [-0.05, 0) is 139 Å². The second-order valence-corrected chi connectivity index (χ2v) is 19.6. The van der Waals surface area contributed by atoms with Gasteiger partial charge in [0.2, 0.25) is 0 Å². The number of furan rings is 1. The van der Waals surface area contributed by atoms with E-state index in [0.717, 1.165) is 83.3 Å². The fourth-order valence-electron chi connectivity index (χ4n) is 11.9. The standard InChI is InChI=1S/C72H46N2O/c1-4-20-58-50(15-1)39-44-65-71-64(26-14-30-70(71)75-72(58)65)63-25-9-10-27-67(63)73(55-42-37-49(38-43-55)52-17-13-18-56(45-52)74-68-28-11-7-23-61(68)62-24-8-12-29-69(62)74)54-40-35-48(36-41-54)47-31-33-51(34-32-47)66-46-53-16-2-3-19-57(53)59-21-5-6-22-60(59)66/h1-46H. The summed E-state index contributed by atoms with van der Waals surface area (Å²) in [6.45, 7) is 0. The zero-order valence-corrected chi connectivity index (χ0v) is 40.9. The van der Waals surface area contributed by atoms with E-state index in [-0.39, 0.29) is 0 Å². The Morgan fingerprint density at radius 2 is 0.827 bits per heavy atom. The molecule has 0 amide bonds. The lowest BCUT2D eigenvalue weighted by atomic mass is 9.92. The van der Waals surface area contributed by atoms with Crippen LogP contribution in [0.4, 0.5) is 17.1 Å². The molecule has 0 saturated carbocycles. The zero-order valence-electron chi connectivity index (χ0n) is 40.9. The molecule has 0 unspecified atom stereocenters. The third-order valence-electron chi connectivity index (χ3n) is 15.4. The summed E-state index contributed by atoms with van der Waals surface area (Å²) in [5.74, 6) is 0. The summed E-state index contributed by atoms with van der Waals surface area (Å²) < 4.78 is 9.12. The molecule has 0 aliphatic heterocycles. The van der Waals surface area contributed by atoms with Gasteiger partial charge in [-0.25, -0.2) is 0 Å². The molecule has 0 aliphatic rings. The van der Waals surface area contributed by atoms with Crippen LogP contribution in [0, 0.1) is 0 Å². The van der Waals surface area contributed by atoms with Gasteiger partial charge in [-0.15, -0.1) is 0 Å². The molecule has 15 aromatic rings. The first-order valence-electron chi connectivity index (χ1n) is 25.7. The van der Waals surface area contributed by atoms with Crippen molar-refractivity contribution in [1.29, 1.82) is 0 Å². The summed E-state index contributed by atoms with van der Waals surface area (Å²) in [5, 5.41) is 12.1. The molecule has 2 aromatic heterocycles. The van der Waals surface area contributed by atoms with E-state index in [0.29, 0.717) is 0 Å². The van der Waals surface area contributed by atoms with Crippen LogP contribution in [0.3, 0.4) is 0 Å². The SMILES string of the molecule is c1cc(-c2ccc(N(c3ccc(-c4ccc(-c5cc6ccccc6c6ccccc56)cc4)cc3)c3ccccc3-c3cccc4oc5c6ccccc6ccc5c34)cc2)cc(-n2c3ccccc3c3ccccc32)c1. The maximum atomic E-state index is 6.74. The highest BCUT2D eigenvalue weighted by atomic mass is 16.3. The highest BCUT2D eigenvalue weighted by molar-refractivity contribution is 6.20. The molecule has 0 saturated heterocycles. The fourth-order valence-corrected chi connectivity index (χ4v) is 11.9. The highest BCUT2D eigenvalue weighted by Crippen LogP contribution is 2.47. The van der Waals surface area contributed by atoms with Crippen molar-refractivity contribution in [2.45, 2.75) is 0 Å². The van der Waals surface area contributed by atoms with E-state index in [9.17, 15) is 0 Å². The molecule has 2 heterocycles. The van der Waals surface area contributed by atoms with Crippen LogP contribution in [0.2, 0.25) is 0 Å². The Bertz CT molecular complexity index is 4640. The lowest BCUT2D eigenvalue weighted by molar-refractivity contribution is 0.673. The monoisotopic (exact) mass is 954 g/mol. The molecule has 0 spiro atoms. The molecule has 0 N–H and O–H groups in total. The lowest BCUT2D eigenvalue weighted by Crippen LogP contribution is -2.11. The number of nitrogens with zero attached hydrogens (tertiary/aromatic N) is 2. The van der Waals surface area contributed by atoms with Gasteiger partial charge in [0.15, 0.2) is 0 Å². The number of hydrogen-bond acceptors (Lipinski definition) is 2. The van der Waals surface area contributed by atoms with Crippen LogP contribution in [0.25, 0.3) is 126 Å². The van der Waals surface area contributed by atoms with E-state index in [1.165, 1.54) is 60.0 Å². The smallest absolute Gasteiger partial charge is 0.143 e. The number of fused-ring (bicyclic) bond motifs is 11. The Kier molecular flexibility index (Phi) is 9.89. The van der Waals surface area contributed by atoms with Crippen molar-refractivity contribution < 1.29 is 4.42 Å². The summed E-state index contributed by atoms with van der Waals surface area (Å²) in [7, 11) is 0. The van der Waals surface area contributed by atoms with Gasteiger partial charge >= 0.3 is 0 Å². The van der Waals surface area contributed by atoms with Crippen molar-refractivity contribution in [3.8, 4) is 50.2 Å². The normalized spacial score (nSPS) is 11.7. The topological polar surface area (TPSA) is 21.3 Å². The minimum Gasteiger partial charge on any atom is -0.455 e. The molecule has 0 radical (unpaired) electrons. The molecule has 13 aromatic carbocycles. The van der Waals surface area contributed by atoms with Gasteiger partial charge < -0.3 is 13.9 Å². The van der Waals surface area contributed by atoms with Gasteiger partial charge in [0.05, 0.1) is 16.7 Å². The van der Waals surface area contributed by atoms with Crippen LogP contribution < -0.4 is 4.90 Å². The predicted molar refractivity (Wildman–Crippen MR) is 317 cm³/mol. The summed E-state index contributed by atoms with van der Waals surface area (Å²) in [4.78, 5) is 2.40. The van der Waals surface area contributed by atoms with E-state index >= 15 is 0 Å². The first-order chi connectivity index (χ1) is 37.2. The minimum absolute atomic E-state index is 0.872. The van der Waals surface area contributed by atoms with Crippen LogP contribution in [0.5, 0.6) is 0 Å². The Morgan fingerprint density at radius 3 is 1.55 bits per heavy atom. The van der Waals surface area contributed by atoms with Crippen LogP contribution in [-0.4, -0.2) is 4.57 Å². The number of rotatable bonds is 8. The molecule has 15 rings (SSSR count). The summed E-state index contributed by atoms with van der Waals surface area (Å²) in [5.41, 5.74) is 17.8. The molecule has 75 heavy (non-hydrogen) atoms. The third-order valence-corrected chi connectivity index (χ3v) is 15.4. The third kappa shape index (κ3) is 7.05. The second-order valence-electron chi connectivity index (χ2n) is 19.6. The Hall–Kier alpha value is -9.96. The first kappa shape index (κ1) is 42.7. The van der Waals surface area contributed by atoms with Gasteiger partial charge in [-0.3, -0.25) is 0 Å². The molecule has 350 valence electrons. The highest BCUT2D eigenvalue weighted by Gasteiger charge is 2.22. The van der Waals surface area contributed by atoms with E-state index in [2.05, 4.69) is 289 Å². The number of anilines is 3. The molecule has 3 heteroatoms. The number of benzene rings is 13. The van der Waals surface area contributed by atoms with Crippen molar-refractivity contribution >= 4 is 93.1 Å². The van der Waals surface area contributed by atoms with Gasteiger partial charge in [0.25, 0.3) is 0 Å². The van der Waals surface area contributed by atoms with Crippen LogP contribution >= 0.6 is 0 Å². The van der Waals surface area contributed by atoms with E-state index in [4.69, 9.17) is 4.42 Å². The summed E-state index contributed by atoms with van der Waals surface area (Å²) in [6, 6.07) is 101. The minimum atomic E-state index is 0.872. The Labute approximate surface area is 434 Å². The molecule has 0 bridgehead atoms. The number of hydrogen-bond donors (Lipinski definition) is 0. The van der Waals surface area contributed by atoms with Crippen molar-refractivity contribution in [2.75, 3.05) is 4.90 Å². The quantitative estimate of drug-likeness (QED) is 0.142. The summed E-state index contributed by atoms with van der Waals surface area (Å²) >= 11 is 0. The summed E-state index contributed by atoms with van der Waals surface area (Å²) in [6.07, 6.45) is 0. The van der Waals surface area contributed by atoms with Crippen LogP contribution in [0.15, 0.2) is 283 Å². The van der Waals surface area contributed by atoms with Crippen LogP contribution in [0.1, 0.15) is 0 Å². The number of aromatic nitrogens is 1. The van der Waals surface area contributed by atoms with E-state index < -0.39 is 0 Å². The predicted octanol–water partition coefficient (Wildman–Crippen LogP) is 20.3. The number of para-hydroxylation sites is 3. The van der Waals surface area contributed by atoms with Gasteiger partial charge in [-0.1, -0.05) is 206 Å². The molecule has 3 nitrogen and oxygen atoms in total. The average molecular weight is 955 g/mol. The molecule has 0 atom stereocenters. The Balaban J connectivity index is 0.838. The maximum Gasteiger partial charge on any atom is 0.143 e. The first-order valence-corrected chi connectivity index (χ1v) is 25.7. The van der Waals surface area contributed by atoms with E-state index in [1.807, 2.05) is 0 Å². The van der Waals surface area contributed by atoms with Crippen molar-refractivity contribution in [1.82, 2.24) is 4.57 Å². The largest absolute Gasteiger partial charge is 0.455 e. The average Bonchev–Trinajstić information content (AvgIpc) is 4.08. The Morgan fingerprint density at radius 1 is 0.293 bits per heavy atom. The van der Waals surface area contributed by atoms with Crippen molar-refractivity contribution in [3.63, 3.8) is 0 Å². The second kappa shape index (κ2) is 17.4. The molecular formula is C72H46N2O. The van der Waals surface area contributed by atoms with Crippen LogP contribution in [-0.2, 0) is 0 Å². The fraction of sp³-hybridized carbons (Fsp3) is 0.